The van der Waals surface area contributed by atoms with E-state index in [2.05, 4.69) is 34.4 Å². The van der Waals surface area contributed by atoms with E-state index in [1.54, 1.807) is 11.3 Å². The summed E-state index contributed by atoms with van der Waals surface area (Å²) in [7, 11) is 0. The van der Waals surface area contributed by atoms with Crippen LogP contribution in [0.4, 0.5) is 0 Å². The average Bonchev–Trinajstić information content (AvgIpc) is 2.74. The van der Waals surface area contributed by atoms with Crippen molar-refractivity contribution in [1.29, 1.82) is 0 Å². The summed E-state index contributed by atoms with van der Waals surface area (Å²) in [5.74, 6) is 0.184. The molecule has 2 heterocycles. The number of rotatable bonds is 4. The summed E-state index contributed by atoms with van der Waals surface area (Å²) in [6.07, 6.45) is 2.68. The van der Waals surface area contributed by atoms with E-state index in [1.807, 2.05) is 0 Å². The van der Waals surface area contributed by atoms with E-state index in [0.717, 1.165) is 19.4 Å². The van der Waals surface area contributed by atoms with Gasteiger partial charge >= 0.3 is 0 Å². The summed E-state index contributed by atoms with van der Waals surface area (Å²) in [5.41, 5.74) is 1.39. The van der Waals surface area contributed by atoms with Crippen molar-refractivity contribution < 1.29 is 4.79 Å². The van der Waals surface area contributed by atoms with Crippen LogP contribution in [0, 0.1) is 0 Å². The van der Waals surface area contributed by atoms with E-state index in [4.69, 9.17) is 0 Å². The molecule has 4 heteroatoms. The lowest BCUT2D eigenvalue weighted by molar-refractivity contribution is -0.122. The first-order valence-corrected chi connectivity index (χ1v) is 6.72. The highest BCUT2D eigenvalue weighted by molar-refractivity contribution is 7.07. The molecule has 1 amide bonds. The van der Waals surface area contributed by atoms with Gasteiger partial charge in [0.2, 0.25) is 5.91 Å². The van der Waals surface area contributed by atoms with Crippen molar-refractivity contribution in [3.8, 4) is 0 Å². The van der Waals surface area contributed by atoms with Crippen LogP contribution >= 0.6 is 11.3 Å². The number of nitrogens with one attached hydrogen (secondary N) is 2. The SMILES string of the molecule is CC(Cc1ccsc1)NC1CCC(=O)NC1. The molecule has 1 saturated heterocycles. The lowest BCUT2D eigenvalue weighted by Crippen LogP contribution is -2.48. The number of amides is 1. The van der Waals surface area contributed by atoms with E-state index < -0.39 is 0 Å². The van der Waals surface area contributed by atoms with Crippen LogP contribution in [0.15, 0.2) is 16.8 Å². The van der Waals surface area contributed by atoms with Crippen molar-refractivity contribution in [2.24, 2.45) is 0 Å². The first-order valence-electron chi connectivity index (χ1n) is 5.78. The molecule has 1 fully saturated rings. The van der Waals surface area contributed by atoms with Crippen LogP contribution in [0.5, 0.6) is 0 Å². The summed E-state index contributed by atoms with van der Waals surface area (Å²) < 4.78 is 0. The normalized spacial score (nSPS) is 22.8. The molecule has 1 aromatic rings. The van der Waals surface area contributed by atoms with E-state index >= 15 is 0 Å². The minimum Gasteiger partial charge on any atom is -0.355 e. The Morgan fingerprint density at radius 3 is 3.19 bits per heavy atom. The lowest BCUT2D eigenvalue weighted by Gasteiger charge is -2.26. The average molecular weight is 238 g/mol. The third kappa shape index (κ3) is 3.32. The smallest absolute Gasteiger partial charge is 0.220 e. The summed E-state index contributed by atoms with van der Waals surface area (Å²) in [6.45, 7) is 2.97. The molecule has 2 unspecified atom stereocenters. The Kier molecular flexibility index (Phi) is 3.96. The maximum atomic E-state index is 11.0. The fourth-order valence-corrected chi connectivity index (χ4v) is 2.78. The van der Waals surface area contributed by atoms with Gasteiger partial charge in [0.15, 0.2) is 0 Å². The Bertz CT molecular complexity index is 327. The largest absolute Gasteiger partial charge is 0.355 e. The van der Waals surface area contributed by atoms with E-state index in [-0.39, 0.29) is 5.91 Å². The lowest BCUT2D eigenvalue weighted by atomic mass is 10.0. The quantitative estimate of drug-likeness (QED) is 0.835. The fourth-order valence-electron chi connectivity index (χ4n) is 2.10. The van der Waals surface area contributed by atoms with Gasteiger partial charge in [-0.2, -0.15) is 11.3 Å². The minimum atomic E-state index is 0.184. The number of carbonyl (C=O) groups excluding carboxylic acids is 1. The van der Waals surface area contributed by atoms with Crippen molar-refractivity contribution in [3.05, 3.63) is 22.4 Å². The first-order chi connectivity index (χ1) is 7.74. The Morgan fingerprint density at radius 2 is 2.56 bits per heavy atom. The summed E-state index contributed by atoms with van der Waals surface area (Å²) in [4.78, 5) is 11.0. The molecular weight excluding hydrogens is 220 g/mol. The van der Waals surface area contributed by atoms with Gasteiger partial charge in [-0.25, -0.2) is 0 Å². The molecule has 2 rings (SSSR count). The predicted molar refractivity (Wildman–Crippen MR) is 66.7 cm³/mol. The highest BCUT2D eigenvalue weighted by Crippen LogP contribution is 2.10. The third-order valence-corrected chi connectivity index (χ3v) is 3.64. The predicted octanol–water partition coefficient (Wildman–Crippen LogP) is 1.55. The zero-order valence-corrected chi connectivity index (χ0v) is 10.3. The van der Waals surface area contributed by atoms with E-state index in [0.29, 0.717) is 18.5 Å². The summed E-state index contributed by atoms with van der Waals surface area (Å²) >= 11 is 1.74. The molecule has 1 aromatic heterocycles. The summed E-state index contributed by atoms with van der Waals surface area (Å²) in [6, 6.07) is 3.08. The molecule has 0 spiro atoms. The molecule has 0 saturated carbocycles. The molecule has 0 aromatic carbocycles. The number of hydrogen-bond acceptors (Lipinski definition) is 3. The van der Waals surface area contributed by atoms with Gasteiger partial charge in [-0.05, 0) is 42.2 Å². The molecule has 0 radical (unpaired) electrons. The van der Waals surface area contributed by atoms with Gasteiger partial charge < -0.3 is 10.6 Å². The molecule has 16 heavy (non-hydrogen) atoms. The second kappa shape index (κ2) is 5.46. The maximum absolute atomic E-state index is 11.0. The number of thiophene rings is 1. The molecule has 2 N–H and O–H groups in total. The topological polar surface area (TPSA) is 41.1 Å². The van der Waals surface area contributed by atoms with Crippen molar-refractivity contribution in [1.82, 2.24) is 10.6 Å². The van der Waals surface area contributed by atoms with Gasteiger partial charge in [-0.15, -0.1) is 0 Å². The van der Waals surface area contributed by atoms with Crippen LogP contribution in [-0.2, 0) is 11.2 Å². The first kappa shape index (κ1) is 11.6. The van der Waals surface area contributed by atoms with Crippen LogP contribution in [0.3, 0.4) is 0 Å². The second-order valence-corrected chi connectivity index (χ2v) is 5.22. The zero-order valence-electron chi connectivity index (χ0n) is 9.53. The van der Waals surface area contributed by atoms with Crippen LogP contribution in [0.2, 0.25) is 0 Å². The molecule has 0 bridgehead atoms. The highest BCUT2D eigenvalue weighted by Gasteiger charge is 2.19. The van der Waals surface area contributed by atoms with Gasteiger partial charge in [-0.1, -0.05) is 0 Å². The van der Waals surface area contributed by atoms with Crippen molar-refractivity contribution in [2.75, 3.05) is 6.54 Å². The number of carbonyl (C=O) groups is 1. The molecule has 0 aliphatic carbocycles. The molecular formula is C12H18N2OS. The van der Waals surface area contributed by atoms with Gasteiger partial charge in [0.25, 0.3) is 0 Å². The molecule has 1 aliphatic heterocycles. The Morgan fingerprint density at radius 1 is 1.69 bits per heavy atom. The zero-order chi connectivity index (χ0) is 11.4. The van der Waals surface area contributed by atoms with E-state index in [1.165, 1.54) is 5.56 Å². The molecule has 2 atom stereocenters. The van der Waals surface area contributed by atoms with Gasteiger partial charge in [0.05, 0.1) is 0 Å². The van der Waals surface area contributed by atoms with Crippen molar-refractivity contribution in [3.63, 3.8) is 0 Å². The Balaban J connectivity index is 1.74. The molecule has 1 aliphatic rings. The number of hydrogen-bond donors (Lipinski definition) is 2. The highest BCUT2D eigenvalue weighted by atomic mass is 32.1. The van der Waals surface area contributed by atoms with Crippen LogP contribution in [-0.4, -0.2) is 24.5 Å². The second-order valence-electron chi connectivity index (χ2n) is 4.44. The minimum absolute atomic E-state index is 0.184. The Hall–Kier alpha value is -0.870. The maximum Gasteiger partial charge on any atom is 0.220 e. The molecule has 3 nitrogen and oxygen atoms in total. The molecule has 88 valence electrons. The van der Waals surface area contributed by atoms with Gasteiger partial charge in [0.1, 0.15) is 0 Å². The van der Waals surface area contributed by atoms with Crippen LogP contribution in [0.25, 0.3) is 0 Å². The van der Waals surface area contributed by atoms with Crippen LogP contribution < -0.4 is 10.6 Å². The third-order valence-electron chi connectivity index (χ3n) is 2.91. The van der Waals surface area contributed by atoms with E-state index in [9.17, 15) is 4.79 Å². The van der Waals surface area contributed by atoms with Crippen LogP contribution in [0.1, 0.15) is 25.3 Å². The Labute approximate surface area is 100 Å². The van der Waals surface area contributed by atoms with Gasteiger partial charge in [0, 0.05) is 25.0 Å². The van der Waals surface area contributed by atoms with Crippen molar-refractivity contribution in [2.45, 2.75) is 38.3 Å². The van der Waals surface area contributed by atoms with Crippen molar-refractivity contribution >= 4 is 17.2 Å². The van der Waals surface area contributed by atoms with Gasteiger partial charge in [-0.3, -0.25) is 4.79 Å². The number of piperidine rings is 1. The standard InChI is InChI=1S/C12H18N2OS/c1-9(6-10-4-5-16-8-10)14-11-2-3-12(15)13-7-11/h4-5,8-9,11,14H,2-3,6-7H2,1H3,(H,13,15). The monoisotopic (exact) mass is 238 g/mol. The summed E-state index contributed by atoms with van der Waals surface area (Å²) in [5, 5.41) is 10.8. The fraction of sp³-hybridized carbons (Fsp3) is 0.583.